The van der Waals surface area contributed by atoms with E-state index in [0.29, 0.717) is 0 Å². The predicted octanol–water partition coefficient (Wildman–Crippen LogP) is 1.96. The molecule has 1 fully saturated rings. The summed E-state index contributed by atoms with van der Waals surface area (Å²) in [7, 11) is 0. The standard InChI is InChI=1S/C12H16N2/c1-2-6-11(7-3-1)10-12-13-8-4-5-9-14-12/h1-3,6-7,10,13-14H,4-5,8-9H2. The van der Waals surface area contributed by atoms with Gasteiger partial charge < -0.3 is 10.6 Å². The maximum absolute atomic E-state index is 3.38. The number of hydrogen-bond donors (Lipinski definition) is 2. The van der Waals surface area contributed by atoms with Crippen LogP contribution in [0.15, 0.2) is 36.2 Å². The molecule has 1 aliphatic rings. The third-order valence-electron chi connectivity index (χ3n) is 2.35. The fourth-order valence-electron chi connectivity index (χ4n) is 1.58. The minimum absolute atomic E-state index is 1.08. The van der Waals surface area contributed by atoms with Crippen LogP contribution in [-0.4, -0.2) is 13.1 Å². The third kappa shape index (κ3) is 2.52. The number of hydrogen-bond acceptors (Lipinski definition) is 2. The Balaban J connectivity index is 2.09. The van der Waals surface area contributed by atoms with Crippen molar-refractivity contribution in [3.05, 3.63) is 41.7 Å². The molecule has 0 spiro atoms. The molecule has 2 nitrogen and oxygen atoms in total. The molecule has 1 aromatic rings. The van der Waals surface area contributed by atoms with Crippen molar-refractivity contribution in [3.8, 4) is 0 Å². The molecule has 1 saturated heterocycles. The molecule has 1 aromatic carbocycles. The Morgan fingerprint density at radius 1 is 0.929 bits per heavy atom. The van der Waals surface area contributed by atoms with Gasteiger partial charge in [0.1, 0.15) is 0 Å². The summed E-state index contributed by atoms with van der Waals surface area (Å²) >= 11 is 0. The Kier molecular flexibility index (Phi) is 3.06. The van der Waals surface area contributed by atoms with Gasteiger partial charge in [-0.3, -0.25) is 0 Å². The van der Waals surface area contributed by atoms with Crippen LogP contribution < -0.4 is 10.6 Å². The maximum Gasteiger partial charge on any atom is 0.0992 e. The summed E-state index contributed by atoms with van der Waals surface area (Å²) < 4.78 is 0. The summed E-state index contributed by atoms with van der Waals surface area (Å²) in [6.45, 7) is 2.15. The van der Waals surface area contributed by atoms with E-state index >= 15 is 0 Å². The molecule has 1 aliphatic heterocycles. The predicted molar refractivity (Wildman–Crippen MR) is 59.7 cm³/mol. The molecule has 0 unspecified atom stereocenters. The molecule has 2 heteroatoms. The Labute approximate surface area is 85.0 Å². The van der Waals surface area contributed by atoms with Crippen LogP contribution in [0, 0.1) is 0 Å². The van der Waals surface area contributed by atoms with Crippen molar-refractivity contribution in [3.63, 3.8) is 0 Å². The van der Waals surface area contributed by atoms with E-state index in [9.17, 15) is 0 Å². The molecule has 0 amide bonds. The number of benzene rings is 1. The van der Waals surface area contributed by atoms with Crippen LogP contribution >= 0.6 is 0 Å². The Bertz CT molecular complexity index is 293. The molecule has 0 radical (unpaired) electrons. The first-order valence-electron chi connectivity index (χ1n) is 5.20. The van der Waals surface area contributed by atoms with Crippen LogP contribution in [-0.2, 0) is 0 Å². The third-order valence-corrected chi connectivity index (χ3v) is 2.35. The first-order chi connectivity index (χ1) is 6.95. The first-order valence-corrected chi connectivity index (χ1v) is 5.20. The van der Waals surface area contributed by atoms with Gasteiger partial charge in [-0.05, 0) is 24.5 Å². The van der Waals surface area contributed by atoms with Gasteiger partial charge >= 0.3 is 0 Å². The summed E-state index contributed by atoms with van der Waals surface area (Å²) in [4.78, 5) is 0. The van der Waals surface area contributed by atoms with Crippen molar-refractivity contribution >= 4 is 6.08 Å². The summed E-state index contributed by atoms with van der Waals surface area (Å²) in [6.07, 6.45) is 4.66. The molecule has 2 rings (SSSR count). The van der Waals surface area contributed by atoms with Gasteiger partial charge in [-0.15, -0.1) is 0 Å². The van der Waals surface area contributed by atoms with Crippen LogP contribution in [0.2, 0.25) is 0 Å². The van der Waals surface area contributed by atoms with Crippen molar-refractivity contribution in [1.82, 2.24) is 10.6 Å². The zero-order chi connectivity index (χ0) is 9.64. The second kappa shape index (κ2) is 4.70. The summed E-state index contributed by atoms with van der Waals surface area (Å²) in [5, 5.41) is 6.76. The quantitative estimate of drug-likeness (QED) is 0.704. The first kappa shape index (κ1) is 9.13. The average Bonchev–Trinajstić information content (AvgIpc) is 2.48. The lowest BCUT2D eigenvalue weighted by molar-refractivity contribution is 0.742. The van der Waals surface area contributed by atoms with Crippen molar-refractivity contribution in [2.45, 2.75) is 12.8 Å². The number of nitrogens with one attached hydrogen (secondary N) is 2. The van der Waals surface area contributed by atoms with E-state index in [1.165, 1.54) is 18.4 Å². The van der Waals surface area contributed by atoms with E-state index < -0.39 is 0 Å². The van der Waals surface area contributed by atoms with E-state index in [1.807, 2.05) is 6.07 Å². The Morgan fingerprint density at radius 3 is 2.21 bits per heavy atom. The van der Waals surface area contributed by atoms with Gasteiger partial charge in [-0.1, -0.05) is 30.3 Å². The zero-order valence-electron chi connectivity index (χ0n) is 8.29. The molecular weight excluding hydrogens is 172 g/mol. The molecule has 0 saturated carbocycles. The highest BCUT2D eigenvalue weighted by atomic mass is 15.1. The topological polar surface area (TPSA) is 24.1 Å². The largest absolute Gasteiger partial charge is 0.372 e. The van der Waals surface area contributed by atoms with Crippen LogP contribution in [0.4, 0.5) is 0 Å². The summed E-state index contributed by atoms with van der Waals surface area (Å²) in [5.74, 6) is 1.15. The van der Waals surface area contributed by atoms with Gasteiger partial charge in [0.25, 0.3) is 0 Å². The van der Waals surface area contributed by atoms with Crippen molar-refractivity contribution in [2.75, 3.05) is 13.1 Å². The maximum atomic E-state index is 3.38. The van der Waals surface area contributed by atoms with E-state index in [1.54, 1.807) is 0 Å². The molecule has 2 N–H and O–H groups in total. The highest BCUT2D eigenvalue weighted by molar-refractivity contribution is 5.51. The van der Waals surface area contributed by atoms with Gasteiger partial charge in [0, 0.05) is 13.1 Å². The molecule has 1 heterocycles. The lowest BCUT2D eigenvalue weighted by Crippen LogP contribution is -2.23. The van der Waals surface area contributed by atoms with Gasteiger partial charge in [0.2, 0.25) is 0 Å². The van der Waals surface area contributed by atoms with Gasteiger partial charge in [-0.25, -0.2) is 0 Å². The van der Waals surface area contributed by atoms with Crippen molar-refractivity contribution < 1.29 is 0 Å². The fourth-order valence-corrected chi connectivity index (χ4v) is 1.58. The van der Waals surface area contributed by atoms with E-state index in [-0.39, 0.29) is 0 Å². The van der Waals surface area contributed by atoms with E-state index in [4.69, 9.17) is 0 Å². The van der Waals surface area contributed by atoms with Crippen LogP contribution in [0.1, 0.15) is 18.4 Å². The van der Waals surface area contributed by atoms with Gasteiger partial charge in [0.15, 0.2) is 0 Å². The fraction of sp³-hybridized carbons (Fsp3) is 0.333. The Hall–Kier alpha value is -1.44. The average molecular weight is 188 g/mol. The summed E-state index contributed by atoms with van der Waals surface area (Å²) in [5.41, 5.74) is 1.24. The second-order valence-electron chi connectivity index (χ2n) is 3.53. The Morgan fingerprint density at radius 2 is 1.57 bits per heavy atom. The zero-order valence-corrected chi connectivity index (χ0v) is 8.29. The lowest BCUT2D eigenvalue weighted by atomic mass is 10.2. The minimum Gasteiger partial charge on any atom is -0.372 e. The highest BCUT2D eigenvalue weighted by Crippen LogP contribution is 2.04. The molecule has 0 aromatic heterocycles. The van der Waals surface area contributed by atoms with Gasteiger partial charge in [-0.2, -0.15) is 0 Å². The van der Waals surface area contributed by atoms with Crippen molar-refractivity contribution in [1.29, 1.82) is 0 Å². The lowest BCUT2D eigenvalue weighted by Gasteiger charge is -2.07. The molecule has 0 aliphatic carbocycles. The molecular formula is C12H16N2. The smallest absolute Gasteiger partial charge is 0.0992 e. The SMILES string of the molecule is C(=C1NCCCCN1)c1ccccc1. The molecule has 74 valence electrons. The second-order valence-corrected chi connectivity index (χ2v) is 3.53. The summed E-state index contributed by atoms with van der Waals surface area (Å²) in [6, 6.07) is 10.4. The number of rotatable bonds is 1. The van der Waals surface area contributed by atoms with Gasteiger partial charge in [0.05, 0.1) is 5.82 Å². The van der Waals surface area contributed by atoms with E-state index in [2.05, 4.69) is 41.0 Å². The molecule has 0 bridgehead atoms. The minimum atomic E-state index is 1.08. The van der Waals surface area contributed by atoms with Crippen molar-refractivity contribution in [2.24, 2.45) is 0 Å². The van der Waals surface area contributed by atoms with E-state index in [0.717, 1.165) is 18.9 Å². The molecule has 14 heavy (non-hydrogen) atoms. The highest BCUT2D eigenvalue weighted by Gasteiger charge is 2.00. The molecule has 0 atom stereocenters. The normalized spacial score (nSPS) is 16.4. The van der Waals surface area contributed by atoms with Crippen LogP contribution in [0.25, 0.3) is 6.08 Å². The van der Waals surface area contributed by atoms with Crippen LogP contribution in [0.3, 0.4) is 0 Å². The monoisotopic (exact) mass is 188 g/mol. The van der Waals surface area contributed by atoms with Crippen LogP contribution in [0.5, 0.6) is 0 Å².